The molecular formula is C16H18N6O3S. The number of hydrogen-bond donors (Lipinski definition) is 1. The fourth-order valence-electron chi connectivity index (χ4n) is 2.39. The topological polar surface area (TPSA) is 116 Å². The quantitative estimate of drug-likeness (QED) is 0.511. The first-order valence-electron chi connectivity index (χ1n) is 7.98. The van der Waals surface area contributed by atoms with Gasteiger partial charge in [-0.15, -0.1) is 5.10 Å². The maximum absolute atomic E-state index is 12.3. The van der Waals surface area contributed by atoms with Crippen LogP contribution in [0.4, 0.5) is 0 Å². The van der Waals surface area contributed by atoms with Gasteiger partial charge in [0.05, 0.1) is 29.3 Å². The lowest BCUT2D eigenvalue weighted by Gasteiger charge is -2.07. The second-order valence-electron chi connectivity index (χ2n) is 6.06. The molecule has 0 amide bonds. The Bertz CT molecular complexity index is 997. The van der Waals surface area contributed by atoms with E-state index in [9.17, 15) is 9.59 Å². The van der Waals surface area contributed by atoms with Crippen LogP contribution in [0.2, 0.25) is 0 Å². The number of methoxy groups -OCH3 is 1. The Hall–Kier alpha value is -2.75. The second kappa shape index (κ2) is 7.65. The van der Waals surface area contributed by atoms with Crippen molar-refractivity contribution in [1.29, 1.82) is 0 Å². The maximum Gasteiger partial charge on any atom is 0.337 e. The highest BCUT2D eigenvalue weighted by atomic mass is 32.2. The number of carbonyl (C=O) groups excluding carboxylic acids is 1. The summed E-state index contributed by atoms with van der Waals surface area (Å²) in [6.07, 6.45) is 0. The summed E-state index contributed by atoms with van der Waals surface area (Å²) in [5.41, 5.74) is 0.524. The number of esters is 1. The zero-order chi connectivity index (χ0) is 18.7. The van der Waals surface area contributed by atoms with Crippen molar-refractivity contribution in [3.63, 3.8) is 0 Å². The molecule has 0 fully saturated rings. The van der Waals surface area contributed by atoms with E-state index >= 15 is 0 Å². The van der Waals surface area contributed by atoms with Crippen LogP contribution in [0.1, 0.15) is 30.0 Å². The molecule has 2 aromatic heterocycles. The number of thioether (sulfide) groups is 1. The maximum atomic E-state index is 12.3. The fraction of sp³-hybridized carbons (Fsp3) is 0.375. The molecule has 2 heterocycles. The Morgan fingerprint density at radius 2 is 2.19 bits per heavy atom. The Morgan fingerprint density at radius 1 is 1.38 bits per heavy atom. The van der Waals surface area contributed by atoms with Crippen molar-refractivity contribution in [3.8, 4) is 0 Å². The van der Waals surface area contributed by atoms with Crippen molar-refractivity contribution >= 4 is 28.6 Å². The number of rotatable bonds is 6. The Morgan fingerprint density at radius 3 is 2.92 bits per heavy atom. The average molecular weight is 374 g/mol. The van der Waals surface area contributed by atoms with Gasteiger partial charge in [0, 0.05) is 6.54 Å². The summed E-state index contributed by atoms with van der Waals surface area (Å²) in [6.45, 7) is 4.87. The standard InChI is InChI=1S/C16H18N6O3S/c1-9(2)7-22-16(19-20-21-22)26-8-13-17-12-6-10(15(24)25-3)4-5-11(12)14(23)18-13/h4-6,9H,7-8H2,1-3H3,(H,17,18,23). The van der Waals surface area contributed by atoms with Crippen LogP contribution in [-0.4, -0.2) is 43.3 Å². The van der Waals surface area contributed by atoms with Crippen molar-refractivity contribution in [2.75, 3.05) is 7.11 Å². The number of nitrogens with one attached hydrogen (secondary N) is 1. The zero-order valence-electron chi connectivity index (χ0n) is 14.6. The van der Waals surface area contributed by atoms with Crippen molar-refractivity contribution in [2.45, 2.75) is 31.3 Å². The Balaban J connectivity index is 1.85. The molecule has 3 rings (SSSR count). The molecule has 10 heteroatoms. The van der Waals surface area contributed by atoms with Gasteiger partial charge in [0.25, 0.3) is 5.56 Å². The number of hydrogen-bond acceptors (Lipinski definition) is 8. The number of nitrogens with zero attached hydrogens (tertiary/aromatic N) is 5. The largest absolute Gasteiger partial charge is 0.465 e. The number of aromatic amines is 1. The van der Waals surface area contributed by atoms with Crippen LogP contribution in [0.3, 0.4) is 0 Å². The minimum absolute atomic E-state index is 0.260. The van der Waals surface area contributed by atoms with Gasteiger partial charge in [0.1, 0.15) is 5.82 Å². The second-order valence-corrected chi connectivity index (χ2v) is 7.00. The molecule has 9 nitrogen and oxygen atoms in total. The Labute approximate surface area is 153 Å². The van der Waals surface area contributed by atoms with Crippen LogP contribution in [-0.2, 0) is 17.0 Å². The average Bonchev–Trinajstić information content (AvgIpc) is 3.05. The van der Waals surface area contributed by atoms with Gasteiger partial charge in [-0.3, -0.25) is 4.79 Å². The van der Waals surface area contributed by atoms with E-state index < -0.39 is 5.97 Å². The van der Waals surface area contributed by atoms with Gasteiger partial charge in [0.15, 0.2) is 0 Å². The molecule has 0 radical (unpaired) electrons. The van der Waals surface area contributed by atoms with Crippen LogP contribution in [0.15, 0.2) is 28.2 Å². The summed E-state index contributed by atoms with van der Waals surface area (Å²) in [5.74, 6) is 0.811. The lowest BCUT2D eigenvalue weighted by atomic mass is 10.1. The highest BCUT2D eigenvalue weighted by molar-refractivity contribution is 7.98. The smallest absolute Gasteiger partial charge is 0.337 e. The lowest BCUT2D eigenvalue weighted by molar-refractivity contribution is 0.0601. The number of tetrazole rings is 1. The molecule has 26 heavy (non-hydrogen) atoms. The summed E-state index contributed by atoms with van der Waals surface area (Å²) in [5, 5.41) is 12.7. The van der Waals surface area contributed by atoms with Crippen LogP contribution >= 0.6 is 11.8 Å². The van der Waals surface area contributed by atoms with Gasteiger partial charge < -0.3 is 9.72 Å². The third-order valence-corrected chi connectivity index (χ3v) is 4.52. The molecule has 0 aliphatic carbocycles. The molecule has 0 saturated carbocycles. The molecule has 0 atom stereocenters. The predicted molar refractivity (Wildman–Crippen MR) is 95.9 cm³/mol. The van der Waals surface area contributed by atoms with Crippen molar-refractivity contribution in [3.05, 3.63) is 39.9 Å². The molecule has 1 N–H and O–H groups in total. The van der Waals surface area contributed by atoms with E-state index in [1.54, 1.807) is 22.9 Å². The SMILES string of the molecule is COC(=O)c1ccc2c(=O)[nH]c(CSc3nnnn3CC(C)C)nc2c1. The first-order valence-corrected chi connectivity index (χ1v) is 8.96. The van der Waals surface area contributed by atoms with Gasteiger partial charge in [0.2, 0.25) is 5.16 Å². The highest BCUT2D eigenvalue weighted by Crippen LogP contribution is 2.19. The molecule has 0 aliphatic rings. The number of aromatic nitrogens is 6. The van der Waals surface area contributed by atoms with Crippen molar-refractivity contribution in [1.82, 2.24) is 30.2 Å². The summed E-state index contributed by atoms with van der Waals surface area (Å²) >= 11 is 1.38. The molecule has 0 unspecified atom stereocenters. The van der Waals surface area contributed by atoms with Crippen LogP contribution < -0.4 is 5.56 Å². The van der Waals surface area contributed by atoms with Crippen LogP contribution in [0.25, 0.3) is 10.9 Å². The zero-order valence-corrected chi connectivity index (χ0v) is 15.4. The number of carbonyl (C=O) groups is 1. The third-order valence-electron chi connectivity index (χ3n) is 3.55. The van der Waals surface area contributed by atoms with E-state index in [1.165, 1.54) is 18.9 Å². The van der Waals surface area contributed by atoms with E-state index in [0.717, 1.165) is 0 Å². The molecule has 0 aliphatic heterocycles. The molecule has 0 spiro atoms. The van der Waals surface area contributed by atoms with Crippen LogP contribution in [0, 0.1) is 5.92 Å². The van der Waals surface area contributed by atoms with Gasteiger partial charge >= 0.3 is 5.97 Å². The van der Waals surface area contributed by atoms with Gasteiger partial charge in [-0.05, 0) is 34.5 Å². The third kappa shape index (κ3) is 3.90. The summed E-state index contributed by atoms with van der Waals surface area (Å²) in [4.78, 5) is 31.1. The van der Waals surface area contributed by atoms with Crippen LogP contribution in [0.5, 0.6) is 0 Å². The van der Waals surface area contributed by atoms with E-state index in [2.05, 4.69) is 39.3 Å². The summed E-state index contributed by atoms with van der Waals surface area (Å²) < 4.78 is 6.43. The Kier molecular flexibility index (Phi) is 5.31. The molecule has 136 valence electrons. The predicted octanol–water partition coefficient (Wildman–Crippen LogP) is 1.64. The molecule has 0 saturated heterocycles. The minimum Gasteiger partial charge on any atom is -0.465 e. The molecular weight excluding hydrogens is 356 g/mol. The number of fused-ring (bicyclic) bond motifs is 1. The molecule has 1 aromatic carbocycles. The number of benzene rings is 1. The minimum atomic E-state index is -0.474. The highest BCUT2D eigenvalue weighted by Gasteiger charge is 2.12. The van der Waals surface area contributed by atoms with E-state index in [4.69, 9.17) is 4.74 Å². The number of ether oxygens (including phenoxy) is 1. The monoisotopic (exact) mass is 374 g/mol. The summed E-state index contributed by atoms with van der Waals surface area (Å²) in [7, 11) is 1.31. The summed E-state index contributed by atoms with van der Waals surface area (Å²) in [6, 6.07) is 4.65. The lowest BCUT2D eigenvalue weighted by Crippen LogP contribution is -2.13. The molecule has 3 aromatic rings. The van der Waals surface area contributed by atoms with Crippen molar-refractivity contribution in [2.24, 2.45) is 5.92 Å². The van der Waals surface area contributed by atoms with Gasteiger partial charge in [-0.1, -0.05) is 25.6 Å². The van der Waals surface area contributed by atoms with E-state index in [-0.39, 0.29) is 5.56 Å². The van der Waals surface area contributed by atoms with Gasteiger partial charge in [-0.25, -0.2) is 14.5 Å². The first-order chi connectivity index (χ1) is 12.5. The van der Waals surface area contributed by atoms with E-state index in [0.29, 0.717) is 45.7 Å². The van der Waals surface area contributed by atoms with Gasteiger partial charge in [-0.2, -0.15) is 0 Å². The van der Waals surface area contributed by atoms with E-state index in [1.807, 2.05) is 0 Å². The number of H-pyrrole nitrogens is 1. The molecule has 0 bridgehead atoms. The first kappa shape index (κ1) is 18.1. The van der Waals surface area contributed by atoms with Crippen molar-refractivity contribution < 1.29 is 9.53 Å². The normalized spacial score (nSPS) is 11.2. The fourth-order valence-corrected chi connectivity index (χ4v) is 3.15.